The van der Waals surface area contributed by atoms with Crippen molar-refractivity contribution in [3.8, 4) is 11.5 Å². The van der Waals surface area contributed by atoms with Crippen LogP contribution in [0.5, 0.6) is 0 Å². The van der Waals surface area contributed by atoms with Gasteiger partial charge in [-0.05, 0) is 29.8 Å². The second-order valence-electron chi connectivity index (χ2n) is 4.78. The van der Waals surface area contributed by atoms with E-state index in [1.165, 1.54) is 18.4 Å². The molecular weight excluding hydrogens is 288 g/mol. The number of fused-ring (bicyclic) bond motifs is 1. The Kier molecular flexibility index (Phi) is 3.27. The fourth-order valence-corrected chi connectivity index (χ4v) is 2.80. The number of oxazole rings is 1. The number of benzene rings is 2. The molecule has 0 radical (unpaired) electrons. The van der Waals surface area contributed by atoms with Crippen LogP contribution in [0.25, 0.3) is 22.6 Å². The second kappa shape index (κ2) is 4.98. The lowest BCUT2D eigenvalue weighted by atomic mass is 10.1. The maximum absolute atomic E-state index is 11.6. The Hall–Kier alpha value is -2.18. The molecular formula is C15H14N2O3S. The van der Waals surface area contributed by atoms with Crippen molar-refractivity contribution in [1.82, 2.24) is 4.98 Å². The van der Waals surface area contributed by atoms with Crippen LogP contribution in [0.2, 0.25) is 0 Å². The second-order valence-corrected chi connectivity index (χ2v) is 6.80. The Balaban J connectivity index is 2.18. The van der Waals surface area contributed by atoms with Gasteiger partial charge in [0.1, 0.15) is 5.52 Å². The summed E-state index contributed by atoms with van der Waals surface area (Å²) < 4.78 is 28.9. The highest BCUT2D eigenvalue weighted by atomic mass is 32.2. The van der Waals surface area contributed by atoms with Crippen LogP contribution < -0.4 is 5.73 Å². The van der Waals surface area contributed by atoms with Crippen molar-refractivity contribution >= 4 is 20.9 Å². The molecule has 6 heteroatoms. The molecule has 0 aliphatic rings. The molecule has 0 bridgehead atoms. The summed E-state index contributed by atoms with van der Waals surface area (Å²) in [5.41, 5.74) is 8.51. The van der Waals surface area contributed by atoms with Gasteiger partial charge in [0.25, 0.3) is 0 Å². The summed E-state index contributed by atoms with van der Waals surface area (Å²) in [4.78, 5) is 4.60. The van der Waals surface area contributed by atoms with Gasteiger partial charge in [0, 0.05) is 18.4 Å². The Morgan fingerprint density at radius 1 is 1.19 bits per heavy atom. The molecule has 5 nitrogen and oxygen atoms in total. The van der Waals surface area contributed by atoms with Gasteiger partial charge in [0.05, 0.1) is 4.90 Å². The summed E-state index contributed by atoms with van der Waals surface area (Å²) in [6.07, 6.45) is 1.17. The van der Waals surface area contributed by atoms with Gasteiger partial charge in [-0.25, -0.2) is 13.4 Å². The molecule has 0 spiro atoms. The molecule has 0 unspecified atom stereocenters. The molecule has 108 valence electrons. The zero-order valence-electron chi connectivity index (χ0n) is 11.4. The van der Waals surface area contributed by atoms with Gasteiger partial charge in [-0.1, -0.05) is 18.2 Å². The average Bonchev–Trinajstić information content (AvgIpc) is 2.89. The van der Waals surface area contributed by atoms with E-state index in [1.54, 1.807) is 6.07 Å². The van der Waals surface area contributed by atoms with Crippen molar-refractivity contribution in [2.24, 2.45) is 5.73 Å². The van der Waals surface area contributed by atoms with Gasteiger partial charge >= 0.3 is 0 Å². The lowest BCUT2D eigenvalue weighted by Gasteiger charge is -2.02. The van der Waals surface area contributed by atoms with Gasteiger partial charge in [-0.3, -0.25) is 0 Å². The van der Waals surface area contributed by atoms with E-state index in [-0.39, 0.29) is 4.90 Å². The molecule has 21 heavy (non-hydrogen) atoms. The zero-order chi connectivity index (χ0) is 15.0. The normalized spacial score (nSPS) is 11.9. The van der Waals surface area contributed by atoms with Gasteiger partial charge in [0.2, 0.25) is 5.89 Å². The molecule has 0 saturated carbocycles. The van der Waals surface area contributed by atoms with Crippen molar-refractivity contribution in [3.05, 3.63) is 48.0 Å². The smallest absolute Gasteiger partial charge is 0.227 e. The first-order valence-electron chi connectivity index (χ1n) is 6.38. The summed E-state index contributed by atoms with van der Waals surface area (Å²) >= 11 is 0. The standard InChI is InChI=1S/C15H14N2O3S/c1-21(18,19)11-6-7-14-13(8-11)17-15(20-14)12-5-3-2-4-10(12)9-16/h2-8H,9,16H2,1H3. The van der Waals surface area contributed by atoms with Crippen LogP contribution in [0, 0.1) is 0 Å². The molecule has 0 atom stereocenters. The molecule has 1 aromatic heterocycles. The molecule has 0 saturated heterocycles. The van der Waals surface area contributed by atoms with E-state index in [9.17, 15) is 8.42 Å². The topological polar surface area (TPSA) is 86.2 Å². The highest BCUT2D eigenvalue weighted by Gasteiger charge is 2.14. The van der Waals surface area contributed by atoms with E-state index >= 15 is 0 Å². The zero-order valence-corrected chi connectivity index (χ0v) is 12.2. The molecule has 0 amide bonds. The number of hydrogen-bond donors (Lipinski definition) is 1. The fraction of sp³-hybridized carbons (Fsp3) is 0.133. The quantitative estimate of drug-likeness (QED) is 0.802. The summed E-state index contributed by atoms with van der Waals surface area (Å²) in [6.45, 7) is 0.378. The van der Waals surface area contributed by atoms with Crippen molar-refractivity contribution in [2.75, 3.05) is 6.26 Å². The third-order valence-electron chi connectivity index (χ3n) is 3.25. The molecule has 1 heterocycles. The molecule has 2 aromatic carbocycles. The summed E-state index contributed by atoms with van der Waals surface area (Å²) in [7, 11) is -3.26. The highest BCUT2D eigenvalue weighted by molar-refractivity contribution is 7.90. The first-order valence-corrected chi connectivity index (χ1v) is 8.27. The number of hydrogen-bond acceptors (Lipinski definition) is 5. The minimum Gasteiger partial charge on any atom is -0.436 e. The van der Waals surface area contributed by atoms with Crippen LogP contribution in [0.15, 0.2) is 51.8 Å². The summed E-state index contributed by atoms with van der Waals surface area (Å²) in [5.74, 6) is 0.441. The van der Waals surface area contributed by atoms with Crippen molar-refractivity contribution in [1.29, 1.82) is 0 Å². The third-order valence-corrected chi connectivity index (χ3v) is 4.37. The number of aromatic nitrogens is 1. The van der Waals surface area contributed by atoms with E-state index < -0.39 is 9.84 Å². The summed E-state index contributed by atoms with van der Waals surface area (Å²) in [5, 5.41) is 0. The SMILES string of the molecule is CS(=O)(=O)c1ccc2oc(-c3ccccc3CN)nc2c1. The number of rotatable bonds is 3. The predicted octanol–water partition coefficient (Wildman–Crippen LogP) is 2.36. The molecule has 0 fully saturated rings. The maximum Gasteiger partial charge on any atom is 0.227 e. The number of sulfone groups is 1. The molecule has 2 N–H and O–H groups in total. The predicted molar refractivity (Wildman–Crippen MR) is 80.4 cm³/mol. The van der Waals surface area contributed by atoms with Gasteiger partial charge in [0.15, 0.2) is 15.4 Å². The van der Waals surface area contributed by atoms with E-state index in [1.807, 2.05) is 24.3 Å². The summed E-state index contributed by atoms with van der Waals surface area (Å²) in [6, 6.07) is 12.2. The van der Waals surface area contributed by atoms with Crippen LogP contribution in [-0.2, 0) is 16.4 Å². The van der Waals surface area contributed by atoms with Crippen LogP contribution in [0.4, 0.5) is 0 Å². The Labute approximate surface area is 122 Å². The molecule has 0 aliphatic heterocycles. The van der Waals surface area contributed by atoms with E-state index in [0.29, 0.717) is 23.5 Å². The largest absolute Gasteiger partial charge is 0.436 e. The van der Waals surface area contributed by atoms with Gasteiger partial charge in [-0.15, -0.1) is 0 Å². The Morgan fingerprint density at radius 2 is 1.95 bits per heavy atom. The van der Waals surface area contributed by atoms with Crippen LogP contribution in [0.3, 0.4) is 0 Å². The van der Waals surface area contributed by atoms with Crippen molar-refractivity contribution in [3.63, 3.8) is 0 Å². The van der Waals surface area contributed by atoms with Gasteiger partial charge < -0.3 is 10.2 Å². The minimum absolute atomic E-state index is 0.224. The minimum atomic E-state index is -3.26. The van der Waals surface area contributed by atoms with Crippen LogP contribution in [-0.4, -0.2) is 19.7 Å². The van der Waals surface area contributed by atoms with Crippen molar-refractivity contribution < 1.29 is 12.8 Å². The number of nitrogens with two attached hydrogens (primary N) is 1. The molecule has 0 aliphatic carbocycles. The maximum atomic E-state index is 11.6. The van der Waals surface area contributed by atoms with E-state index in [0.717, 1.165) is 11.1 Å². The average molecular weight is 302 g/mol. The first kappa shape index (κ1) is 13.8. The van der Waals surface area contributed by atoms with Crippen LogP contribution >= 0.6 is 0 Å². The van der Waals surface area contributed by atoms with E-state index in [2.05, 4.69) is 4.98 Å². The molecule has 3 aromatic rings. The third kappa shape index (κ3) is 2.55. The van der Waals surface area contributed by atoms with Crippen LogP contribution in [0.1, 0.15) is 5.56 Å². The highest BCUT2D eigenvalue weighted by Crippen LogP contribution is 2.28. The monoisotopic (exact) mass is 302 g/mol. The van der Waals surface area contributed by atoms with Crippen molar-refractivity contribution in [2.45, 2.75) is 11.4 Å². The first-order chi connectivity index (χ1) is 9.99. The van der Waals surface area contributed by atoms with Gasteiger partial charge in [-0.2, -0.15) is 0 Å². The number of nitrogens with zero attached hydrogens (tertiary/aromatic N) is 1. The Morgan fingerprint density at radius 3 is 2.67 bits per heavy atom. The van der Waals surface area contributed by atoms with E-state index in [4.69, 9.17) is 10.2 Å². The Bertz CT molecular complexity index is 914. The fourth-order valence-electron chi connectivity index (χ4n) is 2.16. The molecule has 3 rings (SSSR count). The lowest BCUT2D eigenvalue weighted by Crippen LogP contribution is -1.98. The lowest BCUT2D eigenvalue weighted by molar-refractivity contribution is 0.602.